The molecule has 1 heterocycles. The van der Waals surface area contributed by atoms with Crippen LogP contribution in [0.3, 0.4) is 0 Å². The molecule has 1 atom stereocenters. The van der Waals surface area contributed by atoms with Crippen LogP contribution in [0.5, 0.6) is 0 Å². The minimum atomic E-state index is 0.119. The van der Waals surface area contributed by atoms with E-state index in [1.54, 1.807) is 11.5 Å². The van der Waals surface area contributed by atoms with Gasteiger partial charge in [-0.15, -0.1) is 0 Å². The van der Waals surface area contributed by atoms with E-state index in [4.69, 9.17) is 0 Å². The topological polar surface area (TPSA) is 34.0 Å². The number of fused-ring (bicyclic) bond motifs is 3. The van der Waals surface area contributed by atoms with Crippen LogP contribution in [-0.2, 0) is 13.0 Å². The average Bonchev–Trinajstić information content (AvgIpc) is 3.05. The molecule has 0 radical (unpaired) electrons. The van der Waals surface area contributed by atoms with E-state index in [9.17, 15) is 4.79 Å². The average molecular weight is 403 g/mol. The van der Waals surface area contributed by atoms with Crippen molar-refractivity contribution < 1.29 is 0 Å². The summed E-state index contributed by atoms with van der Waals surface area (Å²) in [5.74, 6) is 0.279. The fourth-order valence-electron chi connectivity index (χ4n) is 3.72. The maximum absolute atomic E-state index is 12.5. The highest BCUT2D eigenvalue weighted by Crippen LogP contribution is 2.27. The van der Waals surface area contributed by atoms with Gasteiger partial charge in [0, 0.05) is 24.7 Å². The Morgan fingerprint density at radius 2 is 1.69 bits per heavy atom. The molecule has 148 valence electrons. The van der Waals surface area contributed by atoms with E-state index in [1.165, 1.54) is 23.1 Å². The maximum Gasteiger partial charge on any atom is 0.268 e. The first kappa shape index (κ1) is 19.5. The largest absolute Gasteiger partial charge is 0.385 e. The number of hydrogen-bond acceptors (Lipinski definition) is 3. The standard InChI is InChI=1S/C18H20N2OS.C7H6/c1-3-19-16-10-6-4-8-14(16)13(2)12-20-18(21)15-9-5-7-11-17(15)22-20;1-2-6-4-7(3-1)5-6/h4-11,13,19H,3,12H2,1-2H3;1-4H,5H2. The van der Waals surface area contributed by atoms with Gasteiger partial charge in [0.25, 0.3) is 5.56 Å². The SMILES string of the molecule is CCNc1ccccc1C(C)Cn1sc2ccccc2c1=O.c1cc2cc(c1)C2. The third-order valence-corrected chi connectivity index (χ3v) is 6.34. The van der Waals surface area contributed by atoms with Gasteiger partial charge in [0.05, 0.1) is 10.1 Å². The molecule has 0 fully saturated rings. The van der Waals surface area contributed by atoms with Crippen LogP contribution in [0.15, 0.2) is 77.6 Å². The molecule has 6 rings (SSSR count). The van der Waals surface area contributed by atoms with E-state index in [1.807, 2.05) is 34.3 Å². The first-order chi connectivity index (χ1) is 14.2. The zero-order valence-electron chi connectivity index (χ0n) is 16.9. The minimum Gasteiger partial charge on any atom is -0.385 e. The van der Waals surface area contributed by atoms with Crippen LogP contribution in [0.25, 0.3) is 10.1 Å². The van der Waals surface area contributed by atoms with Crippen molar-refractivity contribution in [2.75, 3.05) is 11.9 Å². The number of benzene rings is 3. The molecule has 0 aliphatic heterocycles. The molecule has 3 aromatic carbocycles. The Hall–Kier alpha value is -2.85. The number of nitrogens with zero attached hydrogens (tertiary/aromatic N) is 1. The van der Waals surface area contributed by atoms with Crippen LogP contribution in [0.1, 0.15) is 36.5 Å². The summed E-state index contributed by atoms with van der Waals surface area (Å²) in [7, 11) is 0. The molecule has 4 aromatic rings. The molecule has 0 saturated heterocycles. The second-order valence-electron chi connectivity index (χ2n) is 7.47. The zero-order chi connectivity index (χ0) is 20.2. The van der Waals surface area contributed by atoms with Crippen LogP contribution in [0, 0.1) is 0 Å². The molecule has 0 saturated carbocycles. The second kappa shape index (κ2) is 8.66. The van der Waals surface area contributed by atoms with E-state index in [2.05, 4.69) is 61.6 Å². The Bertz CT molecular complexity index is 1150. The lowest BCUT2D eigenvalue weighted by Gasteiger charge is -2.17. The quantitative estimate of drug-likeness (QED) is 0.398. The van der Waals surface area contributed by atoms with E-state index >= 15 is 0 Å². The van der Waals surface area contributed by atoms with E-state index in [0.717, 1.165) is 22.3 Å². The smallest absolute Gasteiger partial charge is 0.268 e. The van der Waals surface area contributed by atoms with Gasteiger partial charge in [-0.1, -0.05) is 73.1 Å². The fraction of sp³-hybridized carbons (Fsp3) is 0.240. The molecule has 2 aliphatic carbocycles. The number of aromatic nitrogens is 1. The second-order valence-corrected chi connectivity index (χ2v) is 8.53. The van der Waals surface area contributed by atoms with Crippen molar-refractivity contribution in [1.29, 1.82) is 0 Å². The van der Waals surface area contributed by atoms with Gasteiger partial charge in [-0.05, 0) is 48.2 Å². The molecule has 0 amide bonds. The lowest BCUT2D eigenvalue weighted by atomic mass is 9.94. The van der Waals surface area contributed by atoms with Crippen molar-refractivity contribution in [3.05, 3.63) is 99.8 Å². The van der Waals surface area contributed by atoms with Gasteiger partial charge < -0.3 is 5.32 Å². The summed E-state index contributed by atoms with van der Waals surface area (Å²) in [6.07, 6.45) is 1.22. The van der Waals surface area contributed by atoms with Crippen molar-refractivity contribution in [3.63, 3.8) is 0 Å². The lowest BCUT2D eigenvalue weighted by Crippen LogP contribution is -2.17. The monoisotopic (exact) mass is 402 g/mol. The highest BCUT2D eigenvalue weighted by molar-refractivity contribution is 7.13. The van der Waals surface area contributed by atoms with Crippen molar-refractivity contribution in [2.24, 2.45) is 0 Å². The van der Waals surface area contributed by atoms with Gasteiger partial charge in [-0.25, -0.2) is 0 Å². The Morgan fingerprint density at radius 3 is 2.31 bits per heavy atom. The third kappa shape index (κ3) is 4.28. The van der Waals surface area contributed by atoms with E-state index < -0.39 is 0 Å². The number of anilines is 1. The summed E-state index contributed by atoms with van der Waals surface area (Å²) >= 11 is 1.55. The first-order valence-electron chi connectivity index (χ1n) is 10.1. The predicted molar refractivity (Wildman–Crippen MR) is 124 cm³/mol. The lowest BCUT2D eigenvalue weighted by molar-refractivity contribution is 0.624. The summed E-state index contributed by atoms with van der Waals surface area (Å²) < 4.78 is 2.93. The minimum absolute atomic E-state index is 0.119. The molecule has 0 spiro atoms. The van der Waals surface area contributed by atoms with Gasteiger partial charge in [0.2, 0.25) is 0 Å². The van der Waals surface area contributed by atoms with Crippen LogP contribution >= 0.6 is 11.5 Å². The van der Waals surface area contributed by atoms with Gasteiger partial charge in [0.1, 0.15) is 0 Å². The van der Waals surface area contributed by atoms with Gasteiger partial charge in [-0.2, -0.15) is 0 Å². The zero-order valence-corrected chi connectivity index (χ0v) is 17.7. The third-order valence-electron chi connectivity index (χ3n) is 5.25. The summed E-state index contributed by atoms with van der Waals surface area (Å²) in [6.45, 7) is 5.87. The Kier molecular flexibility index (Phi) is 5.81. The van der Waals surface area contributed by atoms with Crippen molar-refractivity contribution in [3.8, 4) is 0 Å². The van der Waals surface area contributed by atoms with Crippen LogP contribution in [0.2, 0.25) is 0 Å². The predicted octanol–water partition coefficient (Wildman–Crippen LogP) is 5.89. The van der Waals surface area contributed by atoms with Gasteiger partial charge >= 0.3 is 0 Å². The highest BCUT2D eigenvalue weighted by Gasteiger charge is 2.14. The van der Waals surface area contributed by atoms with Crippen molar-refractivity contribution >= 4 is 27.3 Å². The number of hydrogen-bond donors (Lipinski definition) is 1. The van der Waals surface area contributed by atoms with E-state index in [0.29, 0.717) is 6.54 Å². The highest BCUT2D eigenvalue weighted by atomic mass is 32.1. The van der Waals surface area contributed by atoms with Crippen molar-refractivity contribution in [2.45, 2.75) is 32.7 Å². The molecule has 1 unspecified atom stereocenters. The van der Waals surface area contributed by atoms with Gasteiger partial charge in [-0.3, -0.25) is 8.75 Å². The van der Waals surface area contributed by atoms with Crippen molar-refractivity contribution in [1.82, 2.24) is 3.96 Å². The first-order valence-corrected chi connectivity index (χ1v) is 10.9. The molecule has 1 aromatic heterocycles. The molecule has 2 bridgehead atoms. The fourth-order valence-corrected chi connectivity index (χ4v) is 4.83. The summed E-state index contributed by atoms with van der Waals surface area (Å²) in [6, 6.07) is 24.8. The normalized spacial score (nSPS) is 12.6. The summed E-state index contributed by atoms with van der Waals surface area (Å²) in [4.78, 5) is 12.5. The molecule has 2 aliphatic rings. The molecule has 3 nitrogen and oxygen atoms in total. The Balaban J connectivity index is 0.000000243. The van der Waals surface area contributed by atoms with Gasteiger partial charge in [0.15, 0.2) is 0 Å². The number of rotatable bonds is 5. The molecule has 4 heteroatoms. The van der Waals surface area contributed by atoms with Crippen LogP contribution < -0.4 is 10.9 Å². The molecule has 1 N–H and O–H groups in total. The Labute approximate surface area is 175 Å². The molecular weight excluding hydrogens is 376 g/mol. The van der Waals surface area contributed by atoms with Crippen LogP contribution in [-0.4, -0.2) is 10.5 Å². The van der Waals surface area contributed by atoms with E-state index in [-0.39, 0.29) is 11.5 Å². The van der Waals surface area contributed by atoms with Crippen LogP contribution in [0.4, 0.5) is 5.69 Å². The summed E-state index contributed by atoms with van der Waals surface area (Å²) in [5.41, 5.74) is 5.50. The maximum atomic E-state index is 12.5. The number of para-hydroxylation sites is 1. The molecule has 29 heavy (non-hydrogen) atoms. The Morgan fingerprint density at radius 1 is 1.00 bits per heavy atom. The molecular formula is C25H26N2OS. The number of nitrogens with one attached hydrogen (secondary N) is 1. The summed E-state index contributed by atoms with van der Waals surface area (Å²) in [5, 5.41) is 4.22.